The predicted molar refractivity (Wildman–Crippen MR) is 95.3 cm³/mol. The summed E-state index contributed by atoms with van der Waals surface area (Å²) in [6, 6.07) is 0. The summed E-state index contributed by atoms with van der Waals surface area (Å²) in [6.07, 6.45) is 14.6. The van der Waals surface area contributed by atoms with Gasteiger partial charge in [0.05, 0.1) is 0 Å². The van der Waals surface area contributed by atoms with Gasteiger partial charge >= 0.3 is 0 Å². The largest absolute Gasteiger partial charge is 0.327 e. The maximum Gasteiger partial charge on any atom is 0.0109 e. The first-order valence-electron chi connectivity index (χ1n) is 8.61. The normalized spacial score (nSPS) is 21.1. The van der Waals surface area contributed by atoms with E-state index in [0.29, 0.717) is 17.9 Å². The van der Waals surface area contributed by atoms with Gasteiger partial charge in [-0.05, 0) is 69.3 Å². The molecular formula is C20H35N. The van der Waals surface area contributed by atoms with Crippen LogP contribution in [-0.4, -0.2) is 6.54 Å². The second kappa shape index (κ2) is 8.58. The lowest BCUT2D eigenvalue weighted by molar-refractivity contribution is 0.376. The van der Waals surface area contributed by atoms with Crippen molar-refractivity contribution < 1.29 is 0 Å². The van der Waals surface area contributed by atoms with Crippen molar-refractivity contribution in [1.29, 1.82) is 0 Å². The molecule has 0 aromatic heterocycles. The van der Waals surface area contributed by atoms with Crippen LogP contribution in [0.2, 0.25) is 0 Å². The molecule has 0 aromatic carbocycles. The lowest BCUT2D eigenvalue weighted by Gasteiger charge is -2.33. The molecule has 0 saturated heterocycles. The van der Waals surface area contributed by atoms with E-state index in [4.69, 9.17) is 5.73 Å². The molecule has 120 valence electrons. The minimum absolute atomic E-state index is 0.360. The molecule has 0 radical (unpaired) electrons. The molecule has 0 spiro atoms. The van der Waals surface area contributed by atoms with Crippen molar-refractivity contribution in [2.24, 2.45) is 17.1 Å². The SMILES string of the molecule is CC1=C(/C=C/C(C)CCC/C(C)=C/CN)C(C)(C)CCC1. The van der Waals surface area contributed by atoms with Gasteiger partial charge in [0.2, 0.25) is 0 Å². The lowest BCUT2D eigenvalue weighted by Crippen LogP contribution is -2.19. The minimum atomic E-state index is 0.360. The molecule has 1 aliphatic rings. The van der Waals surface area contributed by atoms with Gasteiger partial charge in [-0.15, -0.1) is 0 Å². The molecule has 1 rings (SSSR count). The quantitative estimate of drug-likeness (QED) is 0.591. The molecule has 0 heterocycles. The fraction of sp³-hybridized carbons (Fsp3) is 0.700. The smallest absolute Gasteiger partial charge is 0.0109 e. The molecule has 1 unspecified atom stereocenters. The Labute approximate surface area is 132 Å². The third-order valence-corrected chi connectivity index (χ3v) is 4.83. The average molecular weight is 290 g/mol. The van der Waals surface area contributed by atoms with Gasteiger partial charge in [-0.3, -0.25) is 0 Å². The van der Waals surface area contributed by atoms with Crippen molar-refractivity contribution >= 4 is 0 Å². The number of hydrogen-bond acceptors (Lipinski definition) is 1. The van der Waals surface area contributed by atoms with E-state index in [-0.39, 0.29) is 0 Å². The topological polar surface area (TPSA) is 26.0 Å². The van der Waals surface area contributed by atoms with Crippen LogP contribution in [0.1, 0.15) is 73.1 Å². The maximum atomic E-state index is 5.54. The number of allylic oxidation sites excluding steroid dienone is 5. The third-order valence-electron chi connectivity index (χ3n) is 4.83. The van der Waals surface area contributed by atoms with E-state index in [0.717, 1.165) is 0 Å². The van der Waals surface area contributed by atoms with Crippen molar-refractivity contribution in [3.05, 3.63) is 34.9 Å². The highest BCUT2D eigenvalue weighted by molar-refractivity contribution is 5.32. The zero-order chi connectivity index (χ0) is 15.9. The first-order valence-corrected chi connectivity index (χ1v) is 8.61. The molecule has 1 aliphatic carbocycles. The molecule has 1 atom stereocenters. The Morgan fingerprint density at radius 1 is 1.38 bits per heavy atom. The number of hydrogen-bond donors (Lipinski definition) is 1. The Hall–Kier alpha value is -0.820. The molecule has 0 fully saturated rings. The average Bonchev–Trinajstić information content (AvgIpc) is 2.37. The summed E-state index contributed by atoms with van der Waals surface area (Å²) in [5, 5.41) is 0. The fourth-order valence-corrected chi connectivity index (χ4v) is 3.37. The van der Waals surface area contributed by atoms with Gasteiger partial charge in [0.25, 0.3) is 0 Å². The molecular weight excluding hydrogens is 254 g/mol. The van der Waals surface area contributed by atoms with Crippen molar-refractivity contribution in [1.82, 2.24) is 0 Å². The van der Waals surface area contributed by atoms with E-state index in [1.165, 1.54) is 44.1 Å². The van der Waals surface area contributed by atoms with Crippen LogP contribution < -0.4 is 5.73 Å². The maximum absolute atomic E-state index is 5.54. The lowest BCUT2D eigenvalue weighted by atomic mass is 9.72. The van der Waals surface area contributed by atoms with Gasteiger partial charge in [-0.1, -0.05) is 50.1 Å². The molecule has 2 N–H and O–H groups in total. The number of nitrogens with two attached hydrogens (primary N) is 1. The summed E-state index contributed by atoms with van der Waals surface area (Å²) in [5.41, 5.74) is 10.5. The van der Waals surface area contributed by atoms with E-state index >= 15 is 0 Å². The molecule has 1 heteroatoms. The summed E-state index contributed by atoms with van der Waals surface area (Å²) in [4.78, 5) is 0. The van der Waals surface area contributed by atoms with Crippen LogP contribution in [0.15, 0.2) is 34.9 Å². The van der Waals surface area contributed by atoms with Gasteiger partial charge in [0.15, 0.2) is 0 Å². The van der Waals surface area contributed by atoms with Crippen LogP contribution in [0.4, 0.5) is 0 Å². The summed E-state index contributed by atoms with van der Waals surface area (Å²) in [5.74, 6) is 0.661. The van der Waals surface area contributed by atoms with E-state index < -0.39 is 0 Å². The number of rotatable bonds is 7. The molecule has 21 heavy (non-hydrogen) atoms. The summed E-state index contributed by atoms with van der Waals surface area (Å²) in [7, 11) is 0. The van der Waals surface area contributed by atoms with Gasteiger partial charge in [-0.2, -0.15) is 0 Å². The van der Waals surface area contributed by atoms with E-state index in [1.807, 2.05) is 0 Å². The van der Waals surface area contributed by atoms with Crippen LogP contribution in [0, 0.1) is 11.3 Å². The Morgan fingerprint density at radius 2 is 2.10 bits per heavy atom. The standard InChI is InChI=1S/C20H35N/c1-16(8-6-9-17(2)13-15-21)11-12-19-18(3)10-7-14-20(19,4)5/h11-13,16H,6-10,14-15,21H2,1-5H3/b12-11+,17-13+. The van der Waals surface area contributed by atoms with E-state index in [9.17, 15) is 0 Å². The van der Waals surface area contributed by atoms with Crippen molar-refractivity contribution in [3.63, 3.8) is 0 Å². The monoisotopic (exact) mass is 289 g/mol. The second-order valence-electron chi connectivity index (χ2n) is 7.45. The van der Waals surface area contributed by atoms with Gasteiger partial charge in [0.1, 0.15) is 0 Å². The fourth-order valence-electron chi connectivity index (χ4n) is 3.37. The summed E-state index contributed by atoms with van der Waals surface area (Å²) in [6.45, 7) is 12.3. The van der Waals surface area contributed by atoms with Crippen molar-refractivity contribution in [2.45, 2.75) is 73.1 Å². The van der Waals surface area contributed by atoms with Crippen LogP contribution >= 0.6 is 0 Å². The third kappa shape index (κ3) is 6.22. The summed E-state index contributed by atoms with van der Waals surface area (Å²) >= 11 is 0. The van der Waals surface area contributed by atoms with Crippen molar-refractivity contribution in [2.75, 3.05) is 6.54 Å². The Balaban J connectivity index is 2.50. The first kappa shape index (κ1) is 18.2. The summed E-state index contributed by atoms with van der Waals surface area (Å²) < 4.78 is 0. The molecule has 0 amide bonds. The Bertz CT molecular complexity index is 410. The van der Waals surface area contributed by atoms with E-state index in [2.05, 4.69) is 52.8 Å². The van der Waals surface area contributed by atoms with Crippen LogP contribution in [0.3, 0.4) is 0 Å². The van der Waals surface area contributed by atoms with Crippen molar-refractivity contribution in [3.8, 4) is 0 Å². The molecule has 0 aromatic rings. The molecule has 1 nitrogen and oxygen atoms in total. The second-order valence-corrected chi connectivity index (χ2v) is 7.45. The Kier molecular flexibility index (Phi) is 7.45. The van der Waals surface area contributed by atoms with Gasteiger partial charge < -0.3 is 5.73 Å². The first-order chi connectivity index (χ1) is 9.86. The van der Waals surface area contributed by atoms with Gasteiger partial charge in [0, 0.05) is 6.54 Å². The molecule has 0 saturated carbocycles. The molecule has 0 bridgehead atoms. The van der Waals surface area contributed by atoms with E-state index in [1.54, 1.807) is 11.1 Å². The minimum Gasteiger partial charge on any atom is -0.327 e. The predicted octanol–water partition coefficient (Wildman–Crippen LogP) is 5.78. The highest BCUT2D eigenvalue weighted by Gasteiger charge is 2.26. The van der Waals surface area contributed by atoms with Crippen LogP contribution in [0.5, 0.6) is 0 Å². The van der Waals surface area contributed by atoms with Crippen LogP contribution in [-0.2, 0) is 0 Å². The highest BCUT2D eigenvalue weighted by Crippen LogP contribution is 2.40. The zero-order valence-corrected chi connectivity index (χ0v) is 14.8. The highest BCUT2D eigenvalue weighted by atomic mass is 14.5. The van der Waals surface area contributed by atoms with Crippen LogP contribution in [0.25, 0.3) is 0 Å². The zero-order valence-electron chi connectivity index (χ0n) is 14.8. The molecule has 0 aliphatic heterocycles. The van der Waals surface area contributed by atoms with Gasteiger partial charge in [-0.25, -0.2) is 0 Å². The Morgan fingerprint density at radius 3 is 2.71 bits per heavy atom.